The zero-order chi connectivity index (χ0) is 16.5. The Morgan fingerprint density at radius 2 is 1.79 bits per heavy atom. The molecule has 116 valence electrons. The molecule has 0 spiro atoms. The van der Waals surface area contributed by atoms with Crippen molar-refractivity contribution < 1.29 is 4.79 Å². The second-order valence-corrected chi connectivity index (χ2v) is 5.62. The van der Waals surface area contributed by atoms with Crippen LogP contribution in [0.3, 0.4) is 0 Å². The number of aromatic nitrogens is 1. The number of carbonyl (C=O) groups excluding carboxylic acids is 1. The molecular formula is C19H14N4O. The summed E-state index contributed by atoms with van der Waals surface area (Å²) in [5.74, 6) is 0. The van der Waals surface area contributed by atoms with Crippen LogP contribution in [0.25, 0.3) is 10.8 Å². The Hall–Kier alpha value is -3.39. The Morgan fingerprint density at radius 1 is 1.04 bits per heavy atom. The lowest BCUT2D eigenvalue weighted by Crippen LogP contribution is -2.34. The average molecular weight is 314 g/mol. The van der Waals surface area contributed by atoms with Gasteiger partial charge >= 0.3 is 6.03 Å². The zero-order valence-corrected chi connectivity index (χ0v) is 12.8. The largest absolute Gasteiger partial charge is 0.330 e. The third kappa shape index (κ3) is 2.17. The third-order valence-electron chi connectivity index (χ3n) is 4.23. The zero-order valence-electron chi connectivity index (χ0n) is 12.8. The fourth-order valence-corrected chi connectivity index (χ4v) is 3.08. The molecule has 5 heteroatoms. The molecule has 0 unspecified atom stereocenters. The Kier molecular flexibility index (Phi) is 3.36. The molecule has 0 aliphatic carbocycles. The van der Waals surface area contributed by atoms with Crippen LogP contribution >= 0.6 is 0 Å². The number of pyridine rings is 1. The van der Waals surface area contributed by atoms with Crippen molar-refractivity contribution in [1.29, 1.82) is 5.26 Å². The number of amides is 2. The highest BCUT2D eigenvalue weighted by atomic mass is 16.2. The van der Waals surface area contributed by atoms with E-state index in [1.807, 2.05) is 54.6 Å². The van der Waals surface area contributed by atoms with Gasteiger partial charge in [-0.1, -0.05) is 42.5 Å². The molecular weight excluding hydrogens is 300 g/mol. The van der Waals surface area contributed by atoms with Crippen molar-refractivity contribution in [2.45, 2.75) is 6.04 Å². The Morgan fingerprint density at radius 3 is 2.58 bits per heavy atom. The molecule has 0 radical (unpaired) electrons. The SMILES string of the molecule is N#C[C@@H]1CN(c2ccccc2)C(=O)N1c1cncc2ccccc12. The highest BCUT2D eigenvalue weighted by molar-refractivity contribution is 6.11. The molecule has 5 nitrogen and oxygen atoms in total. The van der Waals surface area contributed by atoms with Crippen molar-refractivity contribution in [3.05, 3.63) is 67.0 Å². The number of para-hydroxylation sites is 1. The maximum absolute atomic E-state index is 13.0. The number of nitrogens with zero attached hydrogens (tertiary/aromatic N) is 4. The minimum Gasteiger partial charge on any atom is -0.291 e. The minimum atomic E-state index is -0.551. The topological polar surface area (TPSA) is 60.2 Å². The molecule has 2 heterocycles. The van der Waals surface area contributed by atoms with Crippen LogP contribution in [0.4, 0.5) is 16.2 Å². The number of carbonyl (C=O) groups is 1. The Labute approximate surface area is 139 Å². The van der Waals surface area contributed by atoms with Crippen LogP contribution in [0, 0.1) is 11.3 Å². The molecule has 1 aromatic heterocycles. The lowest BCUT2D eigenvalue weighted by atomic mass is 10.1. The van der Waals surface area contributed by atoms with Gasteiger partial charge in [0.1, 0.15) is 6.04 Å². The van der Waals surface area contributed by atoms with Gasteiger partial charge in [-0.05, 0) is 12.1 Å². The number of nitriles is 1. The summed E-state index contributed by atoms with van der Waals surface area (Å²) in [6.07, 6.45) is 3.41. The van der Waals surface area contributed by atoms with E-state index in [4.69, 9.17) is 0 Å². The van der Waals surface area contributed by atoms with Crippen LogP contribution in [-0.2, 0) is 0 Å². The third-order valence-corrected chi connectivity index (χ3v) is 4.23. The van der Waals surface area contributed by atoms with Gasteiger partial charge in [0, 0.05) is 22.7 Å². The van der Waals surface area contributed by atoms with Crippen molar-refractivity contribution in [2.24, 2.45) is 0 Å². The first-order valence-corrected chi connectivity index (χ1v) is 7.68. The van der Waals surface area contributed by atoms with E-state index in [1.54, 1.807) is 22.2 Å². The quantitative estimate of drug-likeness (QED) is 0.726. The first-order valence-electron chi connectivity index (χ1n) is 7.68. The fourth-order valence-electron chi connectivity index (χ4n) is 3.08. The van der Waals surface area contributed by atoms with E-state index >= 15 is 0 Å². The summed E-state index contributed by atoms with van der Waals surface area (Å²) in [6.45, 7) is 0.336. The van der Waals surface area contributed by atoms with E-state index in [2.05, 4.69) is 11.1 Å². The van der Waals surface area contributed by atoms with Crippen molar-refractivity contribution >= 4 is 28.2 Å². The van der Waals surface area contributed by atoms with E-state index in [1.165, 1.54) is 0 Å². The second kappa shape index (κ2) is 5.67. The fraction of sp³-hybridized carbons (Fsp3) is 0.105. The van der Waals surface area contributed by atoms with E-state index in [-0.39, 0.29) is 6.03 Å². The van der Waals surface area contributed by atoms with Gasteiger partial charge in [-0.3, -0.25) is 14.8 Å². The highest BCUT2D eigenvalue weighted by Crippen LogP contribution is 2.32. The molecule has 1 fully saturated rings. The van der Waals surface area contributed by atoms with Crippen LogP contribution in [-0.4, -0.2) is 23.6 Å². The van der Waals surface area contributed by atoms with Gasteiger partial charge in [-0.15, -0.1) is 0 Å². The number of anilines is 2. The van der Waals surface area contributed by atoms with Gasteiger partial charge in [-0.2, -0.15) is 5.26 Å². The molecule has 2 aromatic carbocycles. The van der Waals surface area contributed by atoms with Gasteiger partial charge in [0.2, 0.25) is 0 Å². The summed E-state index contributed by atoms with van der Waals surface area (Å²) in [5, 5.41) is 11.4. The molecule has 0 saturated carbocycles. The van der Waals surface area contributed by atoms with Crippen molar-refractivity contribution in [2.75, 3.05) is 16.3 Å². The summed E-state index contributed by atoms with van der Waals surface area (Å²) in [7, 11) is 0. The normalized spacial score (nSPS) is 17.3. The molecule has 1 aliphatic heterocycles. The first-order chi connectivity index (χ1) is 11.8. The van der Waals surface area contributed by atoms with E-state index in [0.717, 1.165) is 16.5 Å². The molecule has 0 N–H and O–H groups in total. The number of benzene rings is 2. The van der Waals surface area contributed by atoms with Crippen molar-refractivity contribution in [1.82, 2.24) is 4.98 Å². The van der Waals surface area contributed by atoms with Crippen LogP contribution in [0.2, 0.25) is 0 Å². The Bertz CT molecular complexity index is 943. The summed E-state index contributed by atoms with van der Waals surface area (Å²) >= 11 is 0. The van der Waals surface area contributed by atoms with Gasteiger partial charge < -0.3 is 0 Å². The van der Waals surface area contributed by atoms with Gasteiger partial charge in [0.15, 0.2) is 0 Å². The van der Waals surface area contributed by atoms with Crippen LogP contribution in [0.5, 0.6) is 0 Å². The predicted octanol–water partition coefficient (Wildman–Crippen LogP) is 3.57. The molecule has 4 rings (SSSR count). The maximum Gasteiger partial charge on any atom is 0.330 e. The number of urea groups is 1. The van der Waals surface area contributed by atoms with E-state index in [9.17, 15) is 10.1 Å². The molecule has 24 heavy (non-hydrogen) atoms. The summed E-state index contributed by atoms with van der Waals surface area (Å²) in [6, 6.07) is 18.6. The van der Waals surface area contributed by atoms with E-state index in [0.29, 0.717) is 12.2 Å². The molecule has 2 amide bonds. The lowest BCUT2D eigenvalue weighted by Gasteiger charge is -2.21. The number of fused-ring (bicyclic) bond motifs is 1. The van der Waals surface area contributed by atoms with Gasteiger partial charge in [0.05, 0.1) is 24.5 Å². The Balaban J connectivity index is 1.82. The number of rotatable bonds is 2. The standard InChI is InChI=1S/C19H14N4O/c20-10-16-13-22(15-7-2-1-3-8-15)19(24)23(16)18-12-21-11-14-6-4-5-9-17(14)18/h1-9,11-12,16H,13H2/t16-/m1/s1. The highest BCUT2D eigenvalue weighted by Gasteiger charge is 2.39. The van der Waals surface area contributed by atoms with E-state index < -0.39 is 6.04 Å². The smallest absolute Gasteiger partial charge is 0.291 e. The minimum absolute atomic E-state index is 0.203. The molecule has 1 atom stereocenters. The molecule has 1 saturated heterocycles. The average Bonchev–Trinajstić information content (AvgIpc) is 2.98. The number of hydrogen-bond acceptors (Lipinski definition) is 3. The monoisotopic (exact) mass is 314 g/mol. The number of hydrogen-bond donors (Lipinski definition) is 0. The van der Waals surface area contributed by atoms with Crippen molar-refractivity contribution in [3.8, 4) is 6.07 Å². The van der Waals surface area contributed by atoms with Gasteiger partial charge in [-0.25, -0.2) is 4.79 Å². The first kappa shape index (κ1) is 14.2. The van der Waals surface area contributed by atoms with Crippen LogP contribution < -0.4 is 9.80 Å². The summed E-state index contributed by atoms with van der Waals surface area (Å²) in [4.78, 5) is 20.4. The molecule has 1 aliphatic rings. The van der Waals surface area contributed by atoms with Gasteiger partial charge in [0.25, 0.3) is 0 Å². The predicted molar refractivity (Wildman–Crippen MR) is 92.8 cm³/mol. The van der Waals surface area contributed by atoms with Crippen molar-refractivity contribution in [3.63, 3.8) is 0 Å². The van der Waals surface area contributed by atoms with Crippen LogP contribution in [0.1, 0.15) is 0 Å². The summed E-state index contributed by atoms with van der Waals surface area (Å²) < 4.78 is 0. The second-order valence-electron chi connectivity index (χ2n) is 5.62. The molecule has 3 aromatic rings. The summed E-state index contributed by atoms with van der Waals surface area (Å²) in [5.41, 5.74) is 1.46. The lowest BCUT2D eigenvalue weighted by molar-refractivity contribution is 0.255. The van der Waals surface area contributed by atoms with Crippen LogP contribution in [0.15, 0.2) is 67.0 Å². The maximum atomic E-state index is 13.0. The molecule has 0 bridgehead atoms.